The van der Waals surface area contributed by atoms with Gasteiger partial charge in [0.05, 0.1) is 6.42 Å². The van der Waals surface area contributed by atoms with Crippen molar-refractivity contribution in [3.63, 3.8) is 0 Å². The maximum absolute atomic E-state index is 10.6. The fraction of sp³-hybridized carbons (Fsp3) is 0.462. The average molecular weight is 254 g/mol. The summed E-state index contributed by atoms with van der Waals surface area (Å²) in [7, 11) is 0. The van der Waals surface area contributed by atoms with Gasteiger partial charge >= 0.3 is 5.97 Å². The Balaban J connectivity index is 1.97. The van der Waals surface area contributed by atoms with E-state index in [9.17, 15) is 4.79 Å². The van der Waals surface area contributed by atoms with E-state index >= 15 is 0 Å². The molecule has 92 valence electrons. The minimum Gasteiger partial charge on any atom is -0.481 e. The van der Waals surface area contributed by atoms with Crippen molar-refractivity contribution >= 4 is 17.6 Å². The molecule has 0 radical (unpaired) electrons. The van der Waals surface area contributed by atoms with E-state index in [1.54, 1.807) is 0 Å². The van der Waals surface area contributed by atoms with Gasteiger partial charge in [0.2, 0.25) is 0 Å². The lowest BCUT2D eigenvalue weighted by molar-refractivity contribution is -0.137. The van der Waals surface area contributed by atoms with Crippen LogP contribution in [0.15, 0.2) is 24.3 Å². The van der Waals surface area contributed by atoms with Crippen LogP contribution in [-0.2, 0) is 11.3 Å². The number of aliphatic carboxylic acids is 1. The summed E-state index contributed by atoms with van der Waals surface area (Å²) < 4.78 is 0. The van der Waals surface area contributed by atoms with Crippen molar-refractivity contribution in [2.75, 3.05) is 6.54 Å². The molecule has 1 saturated carbocycles. The van der Waals surface area contributed by atoms with Crippen molar-refractivity contribution < 1.29 is 9.90 Å². The van der Waals surface area contributed by atoms with Gasteiger partial charge in [-0.05, 0) is 24.5 Å². The second-order valence-corrected chi connectivity index (χ2v) is 4.84. The summed E-state index contributed by atoms with van der Waals surface area (Å²) in [6.45, 7) is 1.35. The minimum atomic E-state index is -0.741. The minimum absolute atomic E-state index is 0.195. The highest BCUT2D eigenvalue weighted by molar-refractivity contribution is 6.31. The second-order valence-electron chi connectivity index (χ2n) is 4.44. The van der Waals surface area contributed by atoms with E-state index in [-0.39, 0.29) is 6.42 Å². The number of carboxylic acids is 1. The lowest BCUT2D eigenvalue weighted by Gasteiger charge is -2.21. The van der Waals surface area contributed by atoms with Gasteiger partial charge in [-0.1, -0.05) is 29.8 Å². The summed E-state index contributed by atoms with van der Waals surface area (Å²) in [6.07, 6.45) is 2.54. The third-order valence-corrected chi connectivity index (χ3v) is 3.38. The number of benzene rings is 1. The van der Waals surface area contributed by atoms with Crippen LogP contribution in [0.3, 0.4) is 0 Å². The zero-order valence-corrected chi connectivity index (χ0v) is 10.4. The normalized spacial score (nSPS) is 15.2. The zero-order valence-electron chi connectivity index (χ0n) is 9.60. The summed E-state index contributed by atoms with van der Waals surface area (Å²) in [5, 5.41) is 9.49. The summed E-state index contributed by atoms with van der Waals surface area (Å²) in [5.74, 6) is -0.741. The van der Waals surface area contributed by atoms with Gasteiger partial charge in [0, 0.05) is 24.2 Å². The monoisotopic (exact) mass is 253 g/mol. The molecule has 1 aromatic rings. The Kier molecular flexibility index (Phi) is 4.02. The molecule has 1 fully saturated rings. The molecule has 0 unspecified atom stereocenters. The van der Waals surface area contributed by atoms with Crippen molar-refractivity contribution in [1.82, 2.24) is 4.90 Å². The van der Waals surface area contributed by atoms with E-state index < -0.39 is 5.97 Å². The molecule has 0 aromatic heterocycles. The van der Waals surface area contributed by atoms with Gasteiger partial charge in [-0.3, -0.25) is 9.69 Å². The van der Waals surface area contributed by atoms with Gasteiger partial charge < -0.3 is 5.11 Å². The van der Waals surface area contributed by atoms with Crippen LogP contribution in [0.5, 0.6) is 0 Å². The molecule has 0 saturated heterocycles. The Morgan fingerprint density at radius 1 is 1.41 bits per heavy atom. The smallest absolute Gasteiger partial charge is 0.304 e. The first kappa shape index (κ1) is 12.4. The molecular weight excluding hydrogens is 238 g/mol. The van der Waals surface area contributed by atoms with Crippen LogP contribution in [0.2, 0.25) is 5.02 Å². The van der Waals surface area contributed by atoms with E-state index in [2.05, 4.69) is 4.90 Å². The number of rotatable bonds is 6. The Bertz CT molecular complexity index is 404. The molecule has 0 amide bonds. The van der Waals surface area contributed by atoms with Crippen LogP contribution in [0.25, 0.3) is 0 Å². The van der Waals surface area contributed by atoms with Crippen LogP contribution >= 0.6 is 11.6 Å². The van der Waals surface area contributed by atoms with Crippen LogP contribution in [0.1, 0.15) is 24.8 Å². The molecule has 17 heavy (non-hydrogen) atoms. The third-order valence-electron chi connectivity index (χ3n) is 3.01. The number of carbonyl (C=O) groups is 1. The van der Waals surface area contributed by atoms with Gasteiger partial charge in [-0.15, -0.1) is 0 Å². The first-order chi connectivity index (χ1) is 8.16. The van der Waals surface area contributed by atoms with Crippen molar-refractivity contribution in [2.45, 2.75) is 31.8 Å². The maximum Gasteiger partial charge on any atom is 0.304 e. The SMILES string of the molecule is O=C(O)CCN(Cc1ccccc1Cl)C1CC1. The van der Waals surface area contributed by atoms with Crippen LogP contribution < -0.4 is 0 Å². The molecule has 0 aliphatic heterocycles. The second kappa shape index (κ2) is 5.52. The van der Waals surface area contributed by atoms with Gasteiger partial charge in [0.1, 0.15) is 0 Å². The Morgan fingerprint density at radius 2 is 2.12 bits per heavy atom. The molecule has 2 rings (SSSR count). The molecule has 1 aromatic carbocycles. The summed E-state index contributed by atoms with van der Waals surface area (Å²) in [4.78, 5) is 12.8. The molecular formula is C13H16ClNO2. The molecule has 3 nitrogen and oxygen atoms in total. The molecule has 0 atom stereocenters. The Hall–Kier alpha value is -1.06. The van der Waals surface area contributed by atoms with Crippen molar-refractivity contribution in [2.24, 2.45) is 0 Å². The van der Waals surface area contributed by atoms with Crippen LogP contribution in [0, 0.1) is 0 Å². The predicted molar refractivity (Wildman–Crippen MR) is 67.1 cm³/mol. The van der Waals surface area contributed by atoms with Gasteiger partial charge in [-0.2, -0.15) is 0 Å². The first-order valence-corrected chi connectivity index (χ1v) is 6.24. The van der Waals surface area contributed by atoms with Gasteiger partial charge in [-0.25, -0.2) is 0 Å². The van der Waals surface area contributed by atoms with Gasteiger partial charge in [0.25, 0.3) is 0 Å². The molecule has 4 heteroatoms. The molecule has 0 spiro atoms. The Morgan fingerprint density at radius 3 is 2.71 bits per heavy atom. The van der Waals surface area contributed by atoms with E-state index in [0.29, 0.717) is 12.6 Å². The number of hydrogen-bond acceptors (Lipinski definition) is 2. The molecule has 0 heterocycles. The lowest BCUT2D eigenvalue weighted by Crippen LogP contribution is -2.28. The maximum atomic E-state index is 10.6. The molecule has 1 aliphatic rings. The number of hydrogen-bond donors (Lipinski definition) is 1. The fourth-order valence-electron chi connectivity index (χ4n) is 1.92. The number of halogens is 1. The number of carboxylic acid groups (broad SMARTS) is 1. The highest BCUT2D eigenvalue weighted by Gasteiger charge is 2.29. The summed E-state index contributed by atoms with van der Waals surface area (Å²) in [5.41, 5.74) is 1.08. The van der Waals surface area contributed by atoms with E-state index in [0.717, 1.165) is 17.1 Å². The molecule has 1 aliphatic carbocycles. The summed E-state index contributed by atoms with van der Waals surface area (Å²) >= 11 is 6.11. The van der Waals surface area contributed by atoms with Crippen molar-refractivity contribution in [1.29, 1.82) is 0 Å². The van der Waals surface area contributed by atoms with Crippen molar-refractivity contribution in [3.8, 4) is 0 Å². The first-order valence-electron chi connectivity index (χ1n) is 5.86. The van der Waals surface area contributed by atoms with E-state index in [1.807, 2.05) is 24.3 Å². The third kappa shape index (κ3) is 3.72. The molecule has 1 N–H and O–H groups in total. The Labute approximate surface area is 106 Å². The highest BCUT2D eigenvalue weighted by atomic mass is 35.5. The zero-order chi connectivity index (χ0) is 12.3. The lowest BCUT2D eigenvalue weighted by atomic mass is 10.2. The fourth-order valence-corrected chi connectivity index (χ4v) is 2.11. The molecule has 0 bridgehead atoms. The summed E-state index contributed by atoms with van der Waals surface area (Å²) in [6, 6.07) is 8.29. The topological polar surface area (TPSA) is 40.5 Å². The largest absolute Gasteiger partial charge is 0.481 e. The highest BCUT2D eigenvalue weighted by Crippen LogP contribution is 2.29. The van der Waals surface area contributed by atoms with Crippen LogP contribution in [0.4, 0.5) is 0 Å². The van der Waals surface area contributed by atoms with Crippen molar-refractivity contribution in [3.05, 3.63) is 34.9 Å². The average Bonchev–Trinajstić information content (AvgIpc) is 3.10. The predicted octanol–water partition coefficient (Wildman–Crippen LogP) is 2.78. The van der Waals surface area contributed by atoms with Crippen LogP contribution in [-0.4, -0.2) is 28.6 Å². The van der Waals surface area contributed by atoms with E-state index in [4.69, 9.17) is 16.7 Å². The number of nitrogens with zero attached hydrogens (tertiary/aromatic N) is 1. The quantitative estimate of drug-likeness (QED) is 0.848. The van der Waals surface area contributed by atoms with Gasteiger partial charge in [0.15, 0.2) is 0 Å². The standard InChI is InChI=1S/C13H16ClNO2/c14-12-4-2-1-3-10(12)9-15(11-5-6-11)8-7-13(16)17/h1-4,11H,5-9H2,(H,16,17). The van der Waals surface area contributed by atoms with E-state index in [1.165, 1.54) is 12.8 Å².